The summed E-state index contributed by atoms with van der Waals surface area (Å²) in [7, 11) is -2.04. The summed E-state index contributed by atoms with van der Waals surface area (Å²) in [5, 5.41) is 10.7. The van der Waals surface area contributed by atoms with Crippen molar-refractivity contribution in [3.05, 3.63) is 32.6 Å². The molecular weight excluding hydrogens is 420 g/mol. The van der Waals surface area contributed by atoms with E-state index < -0.39 is 55.5 Å². The fraction of sp³-hybridized carbons (Fsp3) is 0.810. The standard InChI is InChI=1S/C21H36N2O7Si/c1-19(2,3)31(8,9)27-11-12-15-16(30-21(6,7)29-15)17(28-12)23-13(20(4,5)26)10-14(24)22-18(23)25/h10,12,15-17,26H,11H2,1-9H3,(H,22,24,25)/t12-,15-,16-,17-/m1/s1. The minimum atomic E-state index is -2.04. The van der Waals surface area contributed by atoms with Crippen molar-refractivity contribution < 1.29 is 23.7 Å². The SMILES string of the molecule is CC1(C)O[C@@H]2[C@H](O1)[C@@H](CO[Si](C)(C)C(C)(C)C)O[C@H]2n1c(C(C)(C)O)cc(=O)[nH]c1=O. The molecule has 10 heteroatoms. The minimum absolute atomic E-state index is 0.0284. The summed E-state index contributed by atoms with van der Waals surface area (Å²) < 4.78 is 26.1. The number of hydrogen-bond donors (Lipinski definition) is 2. The fourth-order valence-electron chi connectivity index (χ4n) is 3.74. The van der Waals surface area contributed by atoms with Crippen LogP contribution in [-0.4, -0.2) is 53.7 Å². The molecule has 31 heavy (non-hydrogen) atoms. The van der Waals surface area contributed by atoms with Gasteiger partial charge >= 0.3 is 5.69 Å². The predicted octanol–water partition coefficient (Wildman–Crippen LogP) is 2.20. The molecule has 0 radical (unpaired) electrons. The van der Waals surface area contributed by atoms with E-state index in [1.54, 1.807) is 13.8 Å². The van der Waals surface area contributed by atoms with E-state index in [4.69, 9.17) is 18.6 Å². The number of hydrogen-bond acceptors (Lipinski definition) is 7. The van der Waals surface area contributed by atoms with Crippen molar-refractivity contribution >= 4 is 8.32 Å². The molecule has 0 aromatic carbocycles. The maximum atomic E-state index is 12.8. The first kappa shape index (κ1) is 24.3. The topological polar surface area (TPSA) is 112 Å². The number of aromatic amines is 1. The number of ether oxygens (including phenoxy) is 3. The van der Waals surface area contributed by atoms with E-state index in [1.165, 1.54) is 24.5 Å². The zero-order chi connectivity index (χ0) is 23.6. The van der Waals surface area contributed by atoms with Gasteiger partial charge in [0, 0.05) is 6.07 Å². The van der Waals surface area contributed by atoms with Gasteiger partial charge in [0.2, 0.25) is 0 Å². The van der Waals surface area contributed by atoms with E-state index in [9.17, 15) is 14.7 Å². The van der Waals surface area contributed by atoms with Gasteiger partial charge in [-0.15, -0.1) is 0 Å². The molecule has 0 unspecified atom stereocenters. The second kappa shape index (κ2) is 7.63. The number of aliphatic hydroxyl groups is 1. The van der Waals surface area contributed by atoms with Gasteiger partial charge in [-0.05, 0) is 45.8 Å². The highest BCUT2D eigenvalue weighted by Gasteiger charge is 2.57. The van der Waals surface area contributed by atoms with Crippen LogP contribution in [0, 0.1) is 0 Å². The Morgan fingerprint density at radius 2 is 1.74 bits per heavy atom. The quantitative estimate of drug-likeness (QED) is 0.653. The van der Waals surface area contributed by atoms with Crippen LogP contribution in [-0.2, 0) is 24.2 Å². The highest BCUT2D eigenvalue weighted by Crippen LogP contribution is 2.44. The zero-order valence-electron chi connectivity index (χ0n) is 19.9. The van der Waals surface area contributed by atoms with E-state index in [-0.39, 0.29) is 10.7 Å². The minimum Gasteiger partial charge on any atom is -0.414 e. The Bertz CT molecular complexity index is 939. The summed E-state index contributed by atoms with van der Waals surface area (Å²) in [6.07, 6.45) is -2.42. The third-order valence-corrected chi connectivity index (χ3v) is 10.9. The molecule has 2 fully saturated rings. The van der Waals surface area contributed by atoms with Crippen molar-refractivity contribution in [3.8, 4) is 0 Å². The molecule has 2 N–H and O–H groups in total. The van der Waals surface area contributed by atoms with Crippen LogP contribution in [0.1, 0.15) is 60.4 Å². The van der Waals surface area contributed by atoms with Crippen molar-refractivity contribution in [3.63, 3.8) is 0 Å². The van der Waals surface area contributed by atoms with E-state index in [0.717, 1.165) is 0 Å². The third kappa shape index (κ3) is 4.74. The first-order valence-electron chi connectivity index (χ1n) is 10.7. The molecule has 0 amide bonds. The lowest BCUT2D eigenvalue weighted by atomic mass is 10.0. The molecule has 3 rings (SSSR count). The number of fused-ring (bicyclic) bond motifs is 1. The number of nitrogens with one attached hydrogen (secondary N) is 1. The van der Waals surface area contributed by atoms with Gasteiger partial charge in [0.25, 0.3) is 5.56 Å². The van der Waals surface area contributed by atoms with Crippen molar-refractivity contribution in [2.75, 3.05) is 6.61 Å². The van der Waals surface area contributed by atoms with Gasteiger partial charge in [-0.2, -0.15) is 0 Å². The molecule has 3 heterocycles. The average molecular weight is 457 g/mol. The lowest BCUT2D eigenvalue weighted by molar-refractivity contribution is -0.201. The van der Waals surface area contributed by atoms with Gasteiger partial charge in [0.05, 0.1) is 17.9 Å². The van der Waals surface area contributed by atoms with Gasteiger partial charge in [-0.3, -0.25) is 14.3 Å². The number of rotatable bonds is 5. The van der Waals surface area contributed by atoms with Crippen LogP contribution >= 0.6 is 0 Å². The highest BCUT2D eigenvalue weighted by atomic mass is 28.4. The molecule has 0 spiro atoms. The fourth-order valence-corrected chi connectivity index (χ4v) is 4.75. The van der Waals surface area contributed by atoms with Crippen LogP contribution in [0.4, 0.5) is 0 Å². The molecule has 0 saturated carbocycles. The number of aromatic nitrogens is 2. The Kier molecular flexibility index (Phi) is 5.99. The van der Waals surface area contributed by atoms with Crippen molar-refractivity contribution in [1.29, 1.82) is 0 Å². The van der Waals surface area contributed by atoms with E-state index >= 15 is 0 Å². The van der Waals surface area contributed by atoms with E-state index in [0.29, 0.717) is 6.61 Å². The van der Waals surface area contributed by atoms with Gasteiger partial charge in [-0.1, -0.05) is 20.8 Å². The molecular formula is C21H36N2O7Si. The van der Waals surface area contributed by atoms with Gasteiger partial charge in [0.15, 0.2) is 20.3 Å². The monoisotopic (exact) mass is 456 g/mol. The lowest BCUT2D eigenvalue weighted by Crippen LogP contribution is -2.44. The maximum absolute atomic E-state index is 12.8. The molecule has 176 valence electrons. The van der Waals surface area contributed by atoms with E-state index in [2.05, 4.69) is 38.8 Å². The van der Waals surface area contributed by atoms with Crippen LogP contribution in [0.25, 0.3) is 0 Å². The normalized spacial score (nSPS) is 28.7. The van der Waals surface area contributed by atoms with Crippen LogP contribution in [0.15, 0.2) is 15.7 Å². The van der Waals surface area contributed by atoms with Crippen molar-refractivity contribution in [1.82, 2.24) is 9.55 Å². The summed E-state index contributed by atoms with van der Waals surface area (Å²) in [6, 6.07) is 1.21. The van der Waals surface area contributed by atoms with Crippen molar-refractivity contribution in [2.45, 2.75) is 103 Å². The molecule has 0 aliphatic carbocycles. The zero-order valence-corrected chi connectivity index (χ0v) is 20.9. The lowest BCUT2D eigenvalue weighted by Gasteiger charge is -2.37. The Morgan fingerprint density at radius 1 is 1.16 bits per heavy atom. The van der Waals surface area contributed by atoms with Crippen LogP contribution in [0.2, 0.25) is 18.1 Å². The molecule has 4 atom stereocenters. The first-order valence-corrected chi connectivity index (χ1v) is 13.6. The second-order valence-corrected chi connectivity index (χ2v) is 15.8. The molecule has 0 bridgehead atoms. The highest BCUT2D eigenvalue weighted by molar-refractivity contribution is 6.74. The van der Waals surface area contributed by atoms with Gasteiger partial charge < -0.3 is 23.7 Å². The van der Waals surface area contributed by atoms with Crippen LogP contribution < -0.4 is 11.2 Å². The molecule has 2 aliphatic rings. The third-order valence-electron chi connectivity index (χ3n) is 6.40. The van der Waals surface area contributed by atoms with Crippen LogP contribution in [0.5, 0.6) is 0 Å². The second-order valence-electron chi connectivity index (χ2n) is 11.0. The van der Waals surface area contributed by atoms with Gasteiger partial charge in [-0.25, -0.2) is 4.79 Å². The molecule has 9 nitrogen and oxygen atoms in total. The Balaban J connectivity index is 1.99. The van der Waals surface area contributed by atoms with Crippen molar-refractivity contribution in [2.24, 2.45) is 0 Å². The smallest absolute Gasteiger partial charge is 0.330 e. The molecule has 2 saturated heterocycles. The summed E-state index contributed by atoms with van der Waals surface area (Å²) in [5.41, 5.74) is -2.57. The number of H-pyrrole nitrogens is 1. The Labute approximate surface area is 183 Å². The Morgan fingerprint density at radius 3 is 2.29 bits per heavy atom. The number of nitrogens with zero attached hydrogens (tertiary/aromatic N) is 1. The van der Waals surface area contributed by atoms with Gasteiger partial charge in [0.1, 0.15) is 18.3 Å². The molecule has 1 aromatic rings. The summed E-state index contributed by atoms with van der Waals surface area (Å²) in [6.45, 7) is 17.7. The van der Waals surface area contributed by atoms with E-state index in [1.807, 2.05) is 0 Å². The average Bonchev–Trinajstić information content (AvgIpc) is 3.04. The maximum Gasteiger partial charge on any atom is 0.330 e. The largest absolute Gasteiger partial charge is 0.414 e. The molecule has 1 aromatic heterocycles. The molecule has 2 aliphatic heterocycles. The summed E-state index contributed by atoms with van der Waals surface area (Å²) in [5.74, 6) is -0.868. The van der Waals surface area contributed by atoms with Crippen LogP contribution in [0.3, 0.4) is 0 Å². The predicted molar refractivity (Wildman–Crippen MR) is 117 cm³/mol. The summed E-state index contributed by atoms with van der Waals surface area (Å²) in [4.78, 5) is 27.0. The summed E-state index contributed by atoms with van der Waals surface area (Å²) >= 11 is 0. The Hall–Kier alpha value is -1.30. The first-order chi connectivity index (χ1) is 13.9.